The molecule has 2 rings (SSSR count). The number of amides is 1. The Bertz CT molecular complexity index is 762. The summed E-state index contributed by atoms with van der Waals surface area (Å²) in [6.45, 7) is 6.13. The van der Waals surface area contributed by atoms with Crippen molar-refractivity contribution < 1.29 is 15.0 Å². The highest BCUT2D eigenvalue weighted by Gasteiger charge is 2.06. The normalized spacial score (nSPS) is 10.8. The number of anilines is 1. The highest BCUT2D eigenvalue weighted by Crippen LogP contribution is 2.24. The van der Waals surface area contributed by atoms with Crippen LogP contribution in [-0.4, -0.2) is 28.9 Å². The van der Waals surface area contributed by atoms with E-state index in [2.05, 4.69) is 28.0 Å². The third-order valence-corrected chi connectivity index (χ3v) is 3.51. The number of carbonyl (C=O) groups excluding carboxylic acids is 1. The minimum Gasteiger partial charge on any atom is -0.504 e. The van der Waals surface area contributed by atoms with Crippen molar-refractivity contribution >= 4 is 17.8 Å². The molecule has 6 nitrogen and oxygen atoms in total. The summed E-state index contributed by atoms with van der Waals surface area (Å²) in [4.78, 5) is 11.8. The van der Waals surface area contributed by atoms with Gasteiger partial charge >= 0.3 is 0 Å². The average Bonchev–Trinajstić information content (AvgIpc) is 2.49. The monoisotopic (exact) mass is 327 g/mol. The molecule has 1 amide bonds. The standard InChI is InChI=1S/C18H21N3O3/c1-11-6-12(2)18(13(3)7-11)19-10-17(24)21-20-9-14-4-5-15(22)16(23)8-14/h4-9,19,22-23H,10H2,1-3H3,(H,21,24)/b20-9+. The number of nitrogens with zero attached hydrogens (tertiary/aromatic N) is 1. The predicted octanol–water partition coefficient (Wildman–Crippen LogP) is 2.59. The van der Waals surface area contributed by atoms with Crippen LogP contribution in [0.5, 0.6) is 11.5 Å². The summed E-state index contributed by atoms with van der Waals surface area (Å²) in [7, 11) is 0. The maximum Gasteiger partial charge on any atom is 0.259 e. The molecular formula is C18H21N3O3. The molecule has 6 heteroatoms. The van der Waals surface area contributed by atoms with Gasteiger partial charge in [0.1, 0.15) is 0 Å². The first-order chi connectivity index (χ1) is 11.4. The molecule has 0 aliphatic heterocycles. The van der Waals surface area contributed by atoms with Gasteiger partial charge in [-0.05, 0) is 55.7 Å². The lowest BCUT2D eigenvalue weighted by atomic mass is 10.1. The Kier molecular flexibility index (Phi) is 5.42. The van der Waals surface area contributed by atoms with Crippen molar-refractivity contribution in [2.75, 3.05) is 11.9 Å². The van der Waals surface area contributed by atoms with Gasteiger partial charge in [-0.1, -0.05) is 17.7 Å². The van der Waals surface area contributed by atoms with Crippen LogP contribution >= 0.6 is 0 Å². The van der Waals surface area contributed by atoms with Gasteiger partial charge in [0.2, 0.25) is 0 Å². The van der Waals surface area contributed by atoms with Gasteiger partial charge in [0.15, 0.2) is 11.5 Å². The van der Waals surface area contributed by atoms with Crippen molar-refractivity contribution in [2.24, 2.45) is 5.10 Å². The number of aromatic hydroxyl groups is 2. The van der Waals surface area contributed by atoms with Crippen molar-refractivity contribution in [1.29, 1.82) is 0 Å². The number of aryl methyl sites for hydroxylation is 3. The number of rotatable bonds is 5. The number of phenols is 2. The van der Waals surface area contributed by atoms with Crippen LogP contribution in [0.3, 0.4) is 0 Å². The highest BCUT2D eigenvalue weighted by atomic mass is 16.3. The van der Waals surface area contributed by atoms with Crippen molar-refractivity contribution in [3.63, 3.8) is 0 Å². The quantitative estimate of drug-likeness (QED) is 0.386. The predicted molar refractivity (Wildman–Crippen MR) is 94.7 cm³/mol. The third-order valence-electron chi connectivity index (χ3n) is 3.51. The zero-order chi connectivity index (χ0) is 17.7. The Hall–Kier alpha value is -3.02. The summed E-state index contributed by atoms with van der Waals surface area (Å²) in [6.07, 6.45) is 1.39. The smallest absolute Gasteiger partial charge is 0.259 e. The molecule has 0 spiro atoms. The van der Waals surface area contributed by atoms with Crippen molar-refractivity contribution in [1.82, 2.24) is 5.43 Å². The van der Waals surface area contributed by atoms with Gasteiger partial charge in [-0.3, -0.25) is 4.79 Å². The Morgan fingerprint density at radius 3 is 2.38 bits per heavy atom. The zero-order valence-corrected chi connectivity index (χ0v) is 13.9. The van der Waals surface area contributed by atoms with E-state index in [1.165, 1.54) is 23.9 Å². The molecule has 0 heterocycles. The van der Waals surface area contributed by atoms with Crippen LogP contribution in [0.25, 0.3) is 0 Å². The van der Waals surface area contributed by atoms with E-state index in [0.29, 0.717) is 5.56 Å². The number of hydrogen-bond acceptors (Lipinski definition) is 5. The molecule has 0 aliphatic rings. The minimum absolute atomic E-state index is 0.100. The molecule has 0 unspecified atom stereocenters. The van der Waals surface area contributed by atoms with Gasteiger partial charge < -0.3 is 15.5 Å². The van der Waals surface area contributed by atoms with Crippen molar-refractivity contribution in [3.8, 4) is 11.5 Å². The summed E-state index contributed by atoms with van der Waals surface area (Å²) < 4.78 is 0. The van der Waals surface area contributed by atoms with E-state index < -0.39 is 0 Å². The maximum atomic E-state index is 11.8. The molecule has 0 aromatic heterocycles. The molecule has 0 bridgehead atoms. The van der Waals surface area contributed by atoms with Crippen LogP contribution in [0.15, 0.2) is 35.4 Å². The number of hydrazone groups is 1. The molecule has 0 saturated heterocycles. The van der Waals surface area contributed by atoms with Gasteiger partial charge in [0.25, 0.3) is 5.91 Å². The molecule has 2 aromatic rings. The summed E-state index contributed by atoms with van der Waals surface area (Å²) in [5, 5.41) is 25.5. The Labute approximate surface area is 140 Å². The first kappa shape index (κ1) is 17.3. The second-order valence-electron chi connectivity index (χ2n) is 5.67. The molecule has 0 saturated carbocycles. The molecule has 0 radical (unpaired) electrons. The second-order valence-corrected chi connectivity index (χ2v) is 5.67. The first-order valence-electron chi connectivity index (χ1n) is 7.52. The lowest BCUT2D eigenvalue weighted by molar-refractivity contribution is -0.119. The molecular weight excluding hydrogens is 306 g/mol. The van der Waals surface area contributed by atoms with Crippen LogP contribution in [0.1, 0.15) is 22.3 Å². The Balaban J connectivity index is 1.90. The largest absolute Gasteiger partial charge is 0.504 e. The number of nitrogens with one attached hydrogen (secondary N) is 2. The molecule has 0 atom stereocenters. The highest BCUT2D eigenvalue weighted by molar-refractivity contribution is 5.85. The van der Waals surface area contributed by atoms with Crippen LogP contribution in [0.4, 0.5) is 5.69 Å². The van der Waals surface area contributed by atoms with Gasteiger partial charge in [-0.2, -0.15) is 5.10 Å². The SMILES string of the molecule is Cc1cc(C)c(NCC(=O)N/N=C/c2ccc(O)c(O)c2)c(C)c1. The fraction of sp³-hybridized carbons (Fsp3) is 0.222. The fourth-order valence-electron chi connectivity index (χ4n) is 2.47. The second kappa shape index (κ2) is 7.50. The third kappa shape index (κ3) is 4.49. The lowest BCUT2D eigenvalue weighted by Gasteiger charge is -2.13. The van der Waals surface area contributed by atoms with E-state index in [0.717, 1.165) is 16.8 Å². The van der Waals surface area contributed by atoms with Gasteiger partial charge in [0.05, 0.1) is 12.8 Å². The van der Waals surface area contributed by atoms with Crippen LogP contribution in [0.2, 0.25) is 0 Å². The van der Waals surface area contributed by atoms with E-state index in [-0.39, 0.29) is 24.0 Å². The number of carbonyl (C=O) groups is 1. The first-order valence-corrected chi connectivity index (χ1v) is 7.52. The van der Waals surface area contributed by atoms with E-state index in [1.54, 1.807) is 6.07 Å². The number of phenolic OH excluding ortho intramolecular Hbond substituents is 2. The van der Waals surface area contributed by atoms with E-state index in [4.69, 9.17) is 0 Å². The zero-order valence-electron chi connectivity index (χ0n) is 13.9. The minimum atomic E-state index is -0.284. The molecule has 126 valence electrons. The lowest BCUT2D eigenvalue weighted by Crippen LogP contribution is -2.26. The van der Waals surface area contributed by atoms with Crippen molar-refractivity contribution in [3.05, 3.63) is 52.6 Å². The van der Waals surface area contributed by atoms with Crippen LogP contribution < -0.4 is 10.7 Å². The van der Waals surface area contributed by atoms with E-state index in [1.807, 2.05) is 20.8 Å². The van der Waals surface area contributed by atoms with E-state index in [9.17, 15) is 15.0 Å². The number of hydrogen-bond donors (Lipinski definition) is 4. The van der Waals surface area contributed by atoms with Crippen LogP contribution in [0, 0.1) is 20.8 Å². The van der Waals surface area contributed by atoms with Gasteiger partial charge in [-0.25, -0.2) is 5.43 Å². The van der Waals surface area contributed by atoms with E-state index >= 15 is 0 Å². The molecule has 0 aliphatic carbocycles. The van der Waals surface area contributed by atoms with Gasteiger partial charge in [-0.15, -0.1) is 0 Å². The molecule has 2 aromatic carbocycles. The topological polar surface area (TPSA) is 94.0 Å². The fourth-order valence-corrected chi connectivity index (χ4v) is 2.47. The molecule has 24 heavy (non-hydrogen) atoms. The average molecular weight is 327 g/mol. The van der Waals surface area contributed by atoms with Crippen LogP contribution in [-0.2, 0) is 4.79 Å². The summed E-state index contributed by atoms with van der Waals surface area (Å²) in [5.74, 6) is -0.727. The number of benzene rings is 2. The summed E-state index contributed by atoms with van der Waals surface area (Å²) in [5.41, 5.74) is 7.27. The van der Waals surface area contributed by atoms with Gasteiger partial charge in [0, 0.05) is 5.69 Å². The maximum absolute atomic E-state index is 11.8. The summed E-state index contributed by atoms with van der Waals surface area (Å²) in [6, 6.07) is 8.39. The summed E-state index contributed by atoms with van der Waals surface area (Å²) >= 11 is 0. The Morgan fingerprint density at radius 2 is 1.75 bits per heavy atom. The Morgan fingerprint density at radius 1 is 1.08 bits per heavy atom. The molecule has 0 fully saturated rings. The molecule has 4 N–H and O–H groups in total. The van der Waals surface area contributed by atoms with Crippen molar-refractivity contribution in [2.45, 2.75) is 20.8 Å².